The first-order chi connectivity index (χ1) is 9.17. The van der Waals surface area contributed by atoms with Crippen LogP contribution in [0.1, 0.15) is 52.9 Å². The minimum absolute atomic E-state index is 0.141. The molecule has 1 amide bonds. The van der Waals surface area contributed by atoms with Crippen molar-refractivity contribution in [1.82, 2.24) is 10.2 Å². The van der Waals surface area contributed by atoms with Gasteiger partial charge in [0, 0.05) is 18.5 Å². The molecule has 4 nitrogen and oxygen atoms in total. The molecule has 0 aromatic carbocycles. The van der Waals surface area contributed by atoms with E-state index in [2.05, 4.69) is 19.2 Å². The lowest BCUT2D eigenvalue weighted by molar-refractivity contribution is -0.133. The first-order valence-electron chi connectivity index (χ1n) is 7.82. The van der Waals surface area contributed by atoms with E-state index >= 15 is 0 Å². The summed E-state index contributed by atoms with van der Waals surface area (Å²) in [6.07, 6.45) is 5.23. The summed E-state index contributed by atoms with van der Waals surface area (Å²) in [5.41, 5.74) is -1.07. The molecule has 1 rings (SSSR count). The first-order valence-corrected chi connectivity index (χ1v) is 7.82. The monoisotopic (exact) mass is 284 g/mol. The summed E-state index contributed by atoms with van der Waals surface area (Å²) in [6.45, 7) is 7.00. The van der Waals surface area contributed by atoms with Crippen molar-refractivity contribution < 1.29 is 9.90 Å². The molecule has 1 unspecified atom stereocenters. The van der Waals surface area contributed by atoms with Crippen molar-refractivity contribution in [2.75, 3.05) is 27.2 Å². The molecular weight excluding hydrogens is 252 g/mol. The van der Waals surface area contributed by atoms with Crippen LogP contribution in [-0.4, -0.2) is 48.7 Å². The molecule has 0 aromatic rings. The number of hydrogen-bond donors (Lipinski definition) is 2. The molecule has 118 valence electrons. The van der Waals surface area contributed by atoms with Gasteiger partial charge in [-0.3, -0.25) is 4.79 Å². The molecular formula is C16H32N2O2. The standard InChI is InChI=1S/C16H32N2O2/c1-13(2)10-16(8-6-7-9-16)14(19)17-11-15(3,20)12-18(4)5/h13,20H,6-12H2,1-5H3,(H,17,19). The molecule has 1 aliphatic rings. The van der Waals surface area contributed by atoms with Crippen LogP contribution in [0, 0.1) is 11.3 Å². The van der Waals surface area contributed by atoms with Gasteiger partial charge in [-0.25, -0.2) is 0 Å². The minimum atomic E-state index is -0.878. The van der Waals surface area contributed by atoms with E-state index in [-0.39, 0.29) is 11.3 Å². The van der Waals surface area contributed by atoms with Crippen molar-refractivity contribution in [2.24, 2.45) is 11.3 Å². The van der Waals surface area contributed by atoms with Gasteiger partial charge >= 0.3 is 0 Å². The number of hydrogen-bond acceptors (Lipinski definition) is 3. The Morgan fingerprint density at radius 2 is 1.90 bits per heavy atom. The summed E-state index contributed by atoms with van der Waals surface area (Å²) in [7, 11) is 3.85. The first kappa shape index (κ1) is 17.4. The maximum absolute atomic E-state index is 12.6. The SMILES string of the molecule is CC(C)CC1(C(=O)NCC(C)(O)CN(C)C)CCCC1. The Morgan fingerprint density at radius 1 is 1.35 bits per heavy atom. The third-order valence-corrected chi connectivity index (χ3v) is 4.13. The second kappa shape index (κ2) is 6.90. The molecule has 2 N–H and O–H groups in total. The molecule has 0 radical (unpaired) electrons. The fourth-order valence-corrected chi connectivity index (χ4v) is 3.55. The van der Waals surface area contributed by atoms with Crippen LogP contribution in [0.15, 0.2) is 0 Å². The molecule has 0 bridgehead atoms. The van der Waals surface area contributed by atoms with Gasteiger partial charge in [0.15, 0.2) is 0 Å². The summed E-state index contributed by atoms with van der Waals surface area (Å²) in [6, 6.07) is 0. The fourth-order valence-electron chi connectivity index (χ4n) is 3.55. The largest absolute Gasteiger partial charge is 0.387 e. The number of likely N-dealkylation sites (N-methyl/N-ethyl adjacent to an activating group) is 1. The van der Waals surface area contributed by atoms with Crippen molar-refractivity contribution in [3.8, 4) is 0 Å². The lowest BCUT2D eigenvalue weighted by Gasteiger charge is -2.32. The van der Waals surface area contributed by atoms with Crippen molar-refractivity contribution in [3.05, 3.63) is 0 Å². The Labute approximate surface area is 123 Å². The average molecular weight is 284 g/mol. The quantitative estimate of drug-likeness (QED) is 0.752. The number of nitrogens with one attached hydrogen (secondary N) is 1. The molecule has 4 heteroatoms. The van der Waals surface area contributed by atoms with E-state index in [9.17, 15) is 9.90 Å². The van der Waals surface area contributed by atoms with Crippen LogP contribution in [0.3, 0.4) is 0 Å². The van der Waals surface area contributed by atoms with Gasteiger partial charge in [0.25, 0.3) is 0 Å². The Morgan fingerprint density at radius 3 is 2.35 bits per heavy atom. The molecule has 0 saturated heterocycles. The molecule has 1 atom stereocenters. The predicted molar refractivity (Wildman–Crippen MR) is 82.5 cm³/mol. The van der Waals surface area contributed by atoms with Gasteiger partial charge in [0.05, 0.1) is 5.60 Å². The van der Waals surface area contributed by atoms with Crippen LogP contribution in [0.4, 0.5) is 0 Å². The fraction of sp³-hybridized carbons (Fsp3) is 0.938. The summed E-state index contributed by atoms with van der Waals surface area (Å²) in [5.74, 6) is 0.670. The minimum Gasteiger partial charge on any atom is -0.387 e. The van der Waals surface area contributed by atoms with E-state index < -0.39 is 5.60 Å². The second-order valence-electron chi connectivity index (χ2n) is 7.50. The number of aliphatic hydroxyl groups is 1. The molecule has 0 spiro atoms. The zero-order valence-electron chi connectivity index (χ0n) is 13.8. The number of amides is 1. The van der Waals surface area contributed by atoms with Gasteiger partial charge in [-0.05, 0) is 46.2 Å². The summed E-state index contributed by atoms with van der Waals surface area (Å²) >= 11 is 0. The normalized spacial score (nSPS) is 21.2. The third-order valence-electron chi connectivity index (χ3n) is 4.13. The molecule has 0 aliphatic heterocycles. The Bertz CT molecular complexity index is 318. The van der Waals surface area contributed by atoms with E-state index in [1.54, 1.807) is 6.92 Å². The maximum Gasteiger partial charge on any atom is 0.226 e. The molecule has 0 heterocycles. The zero-order valence-corrected chi connectivity index (χ0v) is 13.8. The van der Waals surface area contributed by atoms with Gasteiger partial charge in [0.1, 0.15) is 0 Å². The topological polar surface area (TPSA) is 52.6 Å². The molecule has 20 heavy (non-hydrogen) atoms. The molecule has 1 aliphatic carbocycles. The summed E-state index contributed by atoms with van der Waals surface area (Å²) in [4.78, 5) is 14.5. The van der Waals surface area contributed by atoms with E-state index in [4.69, 9.17) is 0 Å². The highest BCUT2D eigenvalue weighted by Crippen LogP contribution is 2.43. The van der Waals surface area contributed by atoms with E-state index in [0.717, 1.165) is 32.1 Å². The Balaban J connectivity index is 2.59. The number of carbonyl (C=O) groups is 1. The maximum atomic E-state index is 12.6. The van der Waals surface area contributed by atoms with Crippen LogP contribution in [0.2, 0.25) is 0 Å². The van der Waals surface area contributed by atoms with E-state index in [1.807, 2.05) is 19.0 Å². The van der Waals surface area contributed by atoms with E-state index in [1.165, 1.54) is 0 Å². The highest BCUT2D eigenvalue weighted by atomic mass is 16.3. The Hall–Kier alpha value is -0.610. The van der Waals surface area contributed by atoms with Crippen LogP contribution in [-0.2, 0) is 4.79 Å². The van der Waals surface area contributed by atoms with Crippen LogP contribution < -0.4 is 5.32 Å². The van der Waals surface area contributed by atoms with Gasteiger partial charge in [-0.2, -0.15) is 0 Å². The van der Waals surface area contributed by atoms with Crippen LogP contribution >= 0.6 is 0 Å². The molecule has 1 saturated carbocycles. The number of rotatable bonds is 7. The predicted octanol–water partition coefficient (Wildman–Crippen LogP) is 2.02. The van der Waals surface area contributed by atoms with Crippen molar-refractivity contribution >= 4 is 5.91 Å². The highest BCUT2D eigenvalue weighted by Gasteiger charge is 2.41. The van der Waals surface area contributed by atoms with Gasteiger partial charge in [-0.1, -0.05) is 26.7 Å². The molecule has 0 aromatic heterocycles. The second-order valence-corrected chi connectivity index (χ2v) is 7.50. The number of carbonyl (C=O) groups excluding carboxylic acids is 1. The van der Waals surface area contributed by atoms with Crippen molar-refractivity contribution in [2.45, 2.75) is 58.5 Å². The van der Waals surface area contributed by atoms with Crippen molar-refractivity contribution in [3.63, 3.8) is 0 Å². The van der Waals surface area contributed by atoms with Crippen molar-refractivity contribution in [1.29, 1.82) is 0 Å². The smallest absolute Gasteiger partial charge is 0.226 e. The average Bonchev–Trinajstić information content (AvgIpc) is 2.73. The van der Waals surface area contributed by atoms with Crippen LogP contribution in [0.25, 0.3) is 0 Å². The molecule has 1 fully saturated rings. The Kier molecular flexibility index (Phi) is 6.02. The van der Waals surface area contributed by atoms with Gasteiger partial charge in [0.2, 0.25) is 5.91 Å². The van der Waals surface area contributed by atoms with Gasteiger partial charge in [-0.15, -0.1) is 0 Å². The highest BCUT2D eigenvalue weighted by molar-refractivity contribution is 5.83. The lowest BCUT2D eigenvalue weighted by atomic mass is 9.77. The number of nitrogens with zero attached hydrogens (tertiary/aromatic N) is 1. The zero-order chi connectivity index (χ0) is 15.4. The van der Waals surface area contributed by atoms with Gasteiger partial charge < -0.3 is 15.3 Å². The third kappa shape index (κ3) is 5.06. The van der Waals surface area contributed by atoms with Crippen LogP contribution in [0.5, 0.6) is 0 Å². The summed E-state index contributed by atoms with van der Waals surface area (Å²) < 4.78 is 0. The van der Waals surface area contributed by atoms with E-state index in [0.29, 0.717) is 19.0 Å². The summed E-state index contributed by atoms with van der Waals surface area (Å²) in [5, 5.41) is 13.3. The lowest BCUT2D eigenvalue weighted by Crippen LogP contribution is -2.50.